The smallest absolute Gasteiger partial charge is 0.323 e. The number of pyridine rings is 2. The van der Waals surface area contributed by atoms with E-state index in [0.717, 1.165) is 58.9 Å². The fourth-order valence-corrected chi connectivity index (χ4v) is 4.63. The lowest BCUT2D eigenvalue weighted by Crippen LogP contribution is -2.44. The molecule has 6 heteroatoms. The minimum atomic E-state index is -0.160. The van der Waals surface area contributed by atoms with E-state index in [1.54, 1.807) is 0 Å². The van der Waals surface area contributed by atoms with Crippen molar-refractivity contribution in [2.24, 2.45) is 0 Å². The van der Waals surface area contributed by atoms with Crippen LogP contribution in [0.3, 0.4) is 0 Å². The molecule has 3 heterocycles. The van der Waals surface area contributed by atoms with Gasteiger partial charge in [-0.05, 0) is 61.2 Å². The molecule has 1 aliphatic heterocycles. The highest BCUT2D eigenvalue weighted by molar-refractivity contribution is 9.10. The van der Waals surface area contributed by atoms with Crippen molar-refractivity contribution in [3.8, 4) is 0 Å². The Bertz CT molecular complexity index is 1070. The molecule has 1 aliphatic rings. The third kappa shape index (κ3) is 4.40. The van der Waals surface area contributed by atoms with Crippen LogP contribution in [0.2, 0.25) is 0 Å². The Morgan fingerprint density at radius 2 is 2.13 bits per heavy atom. The standard InChI is InChI=1S/C24H26BrN3O2/c1-16-18(6-5-7-20(16)25)13-21-23-19(9-10-26-21)12-17(14-27-23)15-28-11-4-3-8-22(28)24(29)30-2/h5-7,9-10,12,14,22H,3-4,8,11,13,15H2,1-2H3. The first-order valence-corrected chi connectivity index (χ1v) is 11.1. The lowest BCUT2D eigenvalue weighted by molar-refractivity contribution is -0.148. The minimum absolute atomic E-state index is 0.140. The van der Waals surface area contributed by atoms with E-state index in [2.05, 4.69) is 57.0 Å². The van der Waals surface area contributed by atoms with Crippen LogP contribution in [0.4, 0.5) is 0 Å². The number of carbonyl (C=O) groups is 1. The molecule has 0 radical (unpaired) electrons. The second-order valence-corrected chi connectivity index (χ2v) is 8.73. The van der Waals surface area contributed by atoms with Crippen LogP contribution in [-0.2, 0) is 22.5 Å². The molecule has 30 heavy (non-hydrogen) atoms. The van der Waals surface area contributed by atoms with E-state index in [1.165, 1.54) is 18.2 Å². The average molecular weight is 468 g/mol. The Hall–Kier alpha value is -2.31. The molecule has 156 valence electrons. The number of piperidine rings is 1. The van der Waals surface area contributed by atoms with Gasteiger partial charge in [-0.2, -0.15) is 0 Å². The van der Waals surface area contributed by atoms with E-state index in [1.807, 2.05) is 18.5 Å². The lowest BCUT2D eigenvalue weighted by Gasteiger charge is -2.33. The summed E-state index contributed by atoms with van der Waals surface area (Å²) in [6.45, 7) is 3.72. The van der Waals surface area contributed by atoms with E-state index in [4.69, 9.17) is 9.72 Å². The summed E-state index contributed by atoms with van der Waals surface area (Å²) in [5.74, 6) is -0.140. The van der Waals surface area contributed by atoms with Gasteiger partial charge in [-0.1, -0.05) is 34.5 Å². The second kappa shape index (κ2) is 9.23. The van der Waals surface area contributed by atoms with Gasteiger partial charge in [-0.3, -0.25) is 19.7 Å². The molecular formula is C24H26BrN3O2. The monoisotopic (exact) mass is 467 g/mol. The number of benzene rings is 1. The van der Waals surface area contributed by atoms with Gasteiger partial charge in [0, 0.05) is 35.2 Å². The van der Waals surface area contributed by atoms with Crippen LogP contribution in [0, 0.1) is 6.92 Å². The first kappa shape index (κ1) is 20.9. The van der Waals surface area contributed by atoms with Gasteiger partial charge >= 0.3 is 5.97 Å². The number of hydrogen-bond donors (Lipinski definition) is 0. The second-order valence-electron chi connectivity index (χ2n) is 7.88. The summed E-state index contributed by atoms with van der Waals surface area (Å²) in [6.07, 6.45) is 7.54. The van der Waals surface area contributed by atoms with Gasteiger partial charge in [0.2, 0.25) is 0 Å². The maximum Gasteiger partial charge on any atom is 0.323 e. The van der Waals surface area contributed by atoms with Crippen molar-refractivity contribution < 1.29 is 9.53 Å². The zero-order valence-corrected chi connectivity index (χ0v) is 19.0. The summed E-state index contributed by atoms with van der Waals surface area (Å²) in [5, 5.41) is 1.08. The number of hydrogen-bond acceptors (Lipinski definition) is 5. The predicted octanol–water partition coefficient (Wildman–Crippen LogP) is 4.82. The van der Waals surface area contributed by atoms with E-state index >= 15 is 0 Å². The summed E-state index contributed by atoms with van der Waals surface area (Å²) >= 11 is 3.61. The molecule has 1 atom stereocenters. The first-order valence-electron chi connectivity index (χ1n) is 10.3. The molecule has 2 aromatic heterocycles. The quantitative estimate of drug-likeness (QED) is 0.503. The number of aromatic nitrogens is 2. The maximum absolute atomic E-state index is 12.2. The van der Waals surface area contributed by atoms with E-state index in [0.29, 0.717) is 6.54 Å². The summed E-state index contributed by atoms with van der Waals surface area (Å²) in [6, 6.07) is 10.3. The third-order valence-corrected chi connectivity index (χ3v) is 6.80. The molecular weight excluding hydrogens is 442 g/mol. The number of methoxy groups -OCH3 is 1. The van der Waals surface area contributed by atoms with E-state index in [9.17, 15) is 4.79 Å². The van der Waals surface area contributed by atoms with Gasteiger partial charge in [-0.15, -0.1) is 0 Å². The SMILES string of the molecule is COC(=O)C1CCCCN1Cc1cnc2c(Cc3cccc(Br)c3C)nccc2c1. The summed E-state index contributed by atoms with van der Waals surface area (Å²) < 4.78 is 6.12. The van der Waals surface area contributed by atoms with E-state index in [-0.39, 0.29) is 12.0 Å². The molecule has 0 saturated carbocycles. The first-order chi connectivity index (χ1) is 14.6. The summed E-state index contributed by atoms with van der Waals surface area (Å²) in [4.78, 5) is 23.8. The lowest BCUT2D eigenvalue weighted by atomic mass is 10.0. The largest absolute Gasteiger partial charge is 0.468 e. The fraction of sp³-hybridized carbons (Fsp3) is 0.375. The van der Waals surface area contributed by atoms with Gasteiger partial charge in [0.05, 0.1) is 18.3 Å². The van der Waals surface area contributed by atoms with Crippen LogP contribution < -0.4 is 0 Å². The predicted molar refractivity (Wildman–Crippen MR) is 121 cm³/mol. The molecule has 0 amide bonds. The van der Waals surface area contributed by atoms with Crippen molar-refractivity contribution in [3.05, 3.63) is 69.6 Å². The zero-order valence-electron chi connectivity index (χ0n) is 17.4. The number of rotatable bonds is 5. The van der Waals surface area contributed by atoms with Crippen LogP contribution in [0.15, 0.2) is 47.2 Å². The molecule has 1 aromatic carbocycles. The maximum atomic E-state index is 12.2. The Morgan fingerprint density at radius 3 is 2.97 bits per heavy atom. The average Bonchev–Trinajstić information content (AvgIpc) is 2.77. The van der Waals surface area contributed by atoms with Gasteiger partial charge in [0.1, 0.15) is 6.04 Å². The number of nitrogens with zero attached hydrogens (tertiary/aromatic N) is 3. The minimum Gasteiger partial charge on any atom is -0.468 e. The van der Waals surface area contributed by atoms with Crippen molar-refractivity contribution in [2.75, 3.05) is 13.7 Å². The Balaban J connectivity index is 1.59. The van der Waals surface area contributed by atoms with Crippen molar-refractivity contribution >= 4 is 32.8 Å². The van der Waals surface area contributed by atoms with Crippen LogP contribution >= 0.6 is 15.9 Å². The molecule has 1 saturated heterocycles. The number of esters is 1. The van der Waals surface area contributed by atoms with Crippen molar-refractivity contribution in [1.29, 1.82) is 0 Å². The van der Waals surface area contributed by atoms with Gasteiger partial charge in [0.15, 0.2) is 0 Å². The molecule has 3 aromatic rings. The number of carbonyl (C=O) groups excluding carboxylic acids is 1. The zero-order chi connectivity index (χ0) is 21.1. The number of ether oxygens (including phenoxy) is 1. The molecule has 0 N–H and O–H groups in total. The third-order valence-electron chi connectivity index (χ3n) is 5.94. The Kier molecular flexibility index (Phi) is 6.44. The molecule has 1 fully saturated rings. The van der Waals surface area contributed by atoms with E-state index < -0.39 is 0 Å². The fourth-order valence-electron chi connectivity index (χ4n) is 4.22. The molecule has 4 rings (SSSR count). The molecule has 5 nitrogen and oxygen atoms in total. The normalized spacial score (nSPS) is 17.2. The number of fused-ring (bicyclic) bond motifs is 1. The van der Waals surface area contributed by atoms with Crippen LogP contribution in [0.1, 0.15) is 41.6 Å². The highest BCUT2D eigenvalue weighted by Gasteiger charge is 2.29. The number of likely N-dealkylation sites (tertiary alicyclic amines) is 1. The molecule has 0 aliphatic carbocycles. The molecule has 0 spiro atoms. The van der Waals surface area contributed by atoms with Crippen molar-refractivity contribution in [2.45, 2.75) is 45.2 Å². The van der Waals surface area contributed by atoms with Crippen molar-refractivity contribution in [3.63, 3.8) is 0 Å². The highest BCUT2D eigenvalue weighted by Crippen LogP contribution is 2.25. The van der Waals surface area contributed by atoms with Crippen LogP contribution in [0.25, 0.3) is 10.9 Å². The highest BCUT2D eigenvalue weighted by atomic mass is 79.9. The van der Waals surface area contributed by atoms with Crippen molar-refractivity contribution in [1.82, 2.24) is 14.9 Å². The van der Waals surface area contributed by atoms with Gasteiger partial charge in [-0.25, -0.2) is 0 Å². The van der Waals surface area contributed by atoms with Crippen LogP contribution in [-0.4, -0.2) is 40.5 Å². The number of halogens is 1. The molecule has 1 unspecified atom stereocenters. The summed E-state index contributed by atoms with van der Waals surface area (Å²) in [7, 11) is 1.47. The van der Waals surface area contributed by atoms with Gasteiger partial charge < -0.3 is 4.74 Å². The topological polar surface area (TPSA) is 55.3 Å². The Labute approximate surface area is 185 Å². The Morgan fingerprint density at radius 1 is 1.27 bits per heavy atom. The van der Waals surface area contributed by atoms with Crippen LogP contribution in [0.5, 0.6) is 0 Å². The van der Waals surface area contributed by atoms with Gasteiger partial charge in [0.25, 0.3) is 0 Å². The summed E-state index contributed by atoms with van der Waals surface area (Å²) in [5.41, 5.74) is 5.49. The molecule has 0 bridgehead atoms.